The number of aromatic nitrogens is 2. The Hall–Kier alpha value is -1.39. The SMILES string of the molecule is Cc1nnc(CC(=O)N2CCC3(CC2)C2CC4CC(C2)CC3C4)o1. The van der Waals surface area contributed by atoms with Crippen molar-refractivity contribution in [2.45, 2.75) is 58.3 Å². The van der Waals surface area contributed by atoms with E-state index in [1.54, 1.807) is 6.92 Å². The third-order valence-corrected chi connectivity index (χ3v) is 7.68. The number of nitrogens with zero attached hydrogens (tertiary/aromatic N) is 3. The Morgan fingerprint density at radius 2 is 1.71 bits per heavy atom. The van der Waals surface area contributed by atoms with Crippen molar-refractivity contribution in [3.05, 3.63) is 11.8 Å². The number of carbonyl (C=O) groups excluding carboxylic acids is 1. The number of aryl methyl sites for hydroxylation is 1. The first-order valence-electron chi connectivity index (χ1n) is 9.69. The summed E-state index contributed by atoms with van der Waals surface area (Å²) < 4.78 is 5.36. The maximum absolute atomic E-state index is 12.6. The van der Waals surface area contributed by atoms with Crippen molar-refractivity contribution >= 4 is 5.91 Å². The molecule has 1 aromatic rings. The third-order valence-electron chi connectivity index (χ3n) is 7.68. The lowest BCUT2D eigenvalue weighted by Crippen LogP contribution is -2.57. The number of carbonyl (C=O) groups is 1. The van der Waals surface area contributed by atoms with E-state index in [1.807, 2.05) is 4.90 Å². The smallest absolute Gasteiger partial charge is 0.231 e. The van der Waals surface area contributed by atoms with Gasteiger partial charge in [-0.3, -0.25) is 4.79 Å². The Morgan fingerprint density at radius 1 is 1.08 bits per heavy atom. The molecule has 5 fully saturated rings. The molecular formula is C19H27N3O2. The Balaban J connectivity index is 1.25. The van der Waals surface area contributed by atoms with E-state index in [-0.39, 0.29) is 12.3 Å². The predicted molar refractivity (Wildman–Crippen MR) is 88.0 cm³/mol. The average Bonchev–Trinajstić information content (AvgIpc) is 2.97. The van der Waals surface area contributed by atoms with E-state index in [2.05, 4.69) is 10.2 Å². The normalized spacial score (nSPS) is 36.5. The van der Waals surface area contributed by atoms with Crippen molar-refractivity contribution in [1.82, 2.24) is 15.1 Å². The van der Waals surface area contributed by atoms with E-state index < -0.39 is 0 Å². The zero-order chi connectivity index (χ0) is 16.3. The Morgan fingerprint density at radius 3 is 2.25 bits per heavy atom. The van der Waals surface area contributed by atoms with Gasteiger partial charge in [0.05, 0.1) is 0 Å². The minimum atomic E-state index is 0.150. The largest absolute Gasteiger partial charge is 0.425 e. The van der Waals surface area contributed by atoms with Crippen molar-refractivity contribution in [2.24, 2.45) is 29.1 Å². The third kappa shape index (κ3) is 2.23. The number of likely N-dealkylation sites (tertiary alicyclic amines) is 1. The molecule has 1 aromatic heterocycles. The number of hydrogen-bond donors (Lipinski definition) is 0. The van der Waals surface area contributed by atoms with Crippen LogP contribution in [0.15, 0.2) is 4.42 Å². The number of hydrogen-bond acceptors (Lipinski definition) is 4. The molecule has 4 bridgehead atoms. The van der Waals surface area contributed by atoms with Crippen molar-refractivity contribution in [3.8, 4) is 0 Å². The van der Waals surface area contributed by atoms with Gasteiger partial charge >= 0.3 is 0 Å². The first-order valence-corrected chi connectivity index (χ1v) is 9.69. The van der Waals surface area contributed by atoms with Crippen LogP contribution in [-0.2, 0) is 11.2 Å². The summed E-state index contributed by atoms with van der Waals surface area (Å²) in [7, 11) is 0. The van der Waals surface area contributed by atoms with Gasteiger partial charge in [0, 0.05) is 20.0 Å². The monoisotopic (exact) mass is 329 g/mol. The summed E-state index contributed by atoms with van der Waals surface area (Å²) in [5.74, 6) is 5.08. The standard InChI is InChI=1S/C19H27N3O2/c1-12-20-21-17(24-12)11-18(23)22-4-2-19(3-5-22)15-7-13-6-14(9-15)10-16(19)8-13/h13-16H,2-11H2,1H3. The van der Waals surface area contributed by atoms with Gasteiger partial charge in [0.25, 0.3) is 0 Å². The second-order valence-electron chi connectivity index (χ2n) is 8.81. The second kappa shape index (κ2) is 5.30. The fraction of sp³-hybridized carbons (Fsp3) is 0.842. The molecule has 5 nitrogen and oxygen atoms in total. The lowest BCUT2D eigenvalue weighted by Gasteiger charge is -2.63. The minimum absolute atomic E-state index is 0.150. The van der Waals surface area contributed by atoms with Crippen LogP contribution in [0.3, 0.4) is 0 Å². The van der Waals surface area contributed by atoms with Gasteiger partial charge in [-0.25, -0.2) is 0 Å². The molecule has 1 saturated heterocycles. The van der Waals surface area contributed by atoms with Crippen LogP contribution in [0.4, 0.5) is 0 Å². The fourth-order valence-corrected chi connectivity index (χ4v) is 6.76. The van der Waals surface area contributed by atoms with Crippen LogP contribution < -0.4 is 0 Å². The zero-order valence-electron chi connectivity index (χ0n) is 14.5. The van der Waals surface area contributed by atoms with Crippen molar-refractivity contribution < 1.29 is 9.21 Å². The molecule has 130 valence electrons. The van der Waals surface area contributed by atoms with E-state index in [0.29, 0.717) is 17.2 Å². The van der Waals surface area contributed by atoms with Crippen LogP contribution in [0.25, 0.3) is 0 Å². The first kappa shape index (κ1) is 14.9. The highest BCUT2D eigenvalue weighted by Crippen LogP contribution is 2.65. The molecule has 5 aliphatic rings. The van der Waals surface area contributed by atoms with Gasteiger partial charge in [0.1, 0.15) is 6.42 Å². The Bertz CT molecular complexity index is 615. The molecular weight excluding hydrogens is 302 g/mol. The summed E-state index contributed by atoms with van der Waals surface area (Å²) in [6.07, 6.45) is 10.1. The van der Waals surface area contributed by atoms with Gasteiger partial charge in [0.15, 0.2) is 0 Å². The summed E-state index contributed by atoms with van der Waals surface area (Å²) in [5.41, 5.74) is 0.561. The highest BCUT2D eigenvalue weighted by molar-refractivity contribution is 5.77. The summed E-state index contributed by atoms with van der Waals surface area (Å²) >= 11 is 0. The highest BCUT2D eigenvalue weighted by Gasteiger charge is 2.57. The Kier molecular flexibility index (Phi) is 3.29. The summed E-state index contributed by atoms with van der Waals surface area (Å²) in [4.78, 5) is 14.6. The number of amides is 1. The van der Waals surface area contributed by atoms with Crippen molar-refractivity contribution in [3.63, 3.8) is 0 Å². The lowest BCUT2D eigenvalue weighted by atomic mass is 9.43. The van der Waals surface area contributed by atoms with Gasteiger partial charge in [-0.2, -0.15) is 0 Å². The topological polar surface area (TPSA) is 59.2 Å². The van der Waals surface area contributed by atoms with Crippen LogP contribution in [-0.4, -0.2) is 34.1 Å². The number of rotatable bonds is 2. The molecule has 4 aliphatic carbocycles. The average molecular weight is 329 g/mol. The van der Waals surface area contributed by atoms with Gasteiger partial charge in [-0.1, -0.05) is 0 Å². The molecule has 1 aliphatic heterocycles. The molecule has 0 N–H and O–H groups in total. The van der Waals surface area contributed by atoms with E-state index in [9.17, 15) is 4.79 Å². The van der Waals surface area contributed by atoms with Crippen LogP contribution in [0.2, 0.25) is 0 Å². The van der Waals surface area contributed by atoms with E-state index >= 15 is 0 Å². The van der Waals surface area contributed by atoms with Crippen LogP contribution in [0.5, 0.6) is 0 Å². The maximum Gasteiger partial charge on any atom is 0.231 e. The minimum Gasteiger partial charge on any atom is -0.425 e. The maximum atomic E-state index is 12.6. The second-order valence-corrected chi connectivity index (χ2v) is 8.81. The van der Waals surface area contributed by atoms with Crippen LogP contribution >= 0.6 is 0 Å². The van der Waals surface area contributed by atoms with Crippen LogP contribution in [0, 0.1) is 36.0 Å². The molecule has 1 amide bonds. The first-order chi connectivity index (χ1) is 11.6. The molecule has 0 radical (unpaired) electrons. The molecule has 0 unspecified atom stereocenters. The summed E-state index contributed by atoms with van der Waals surface area (Å²) in [5, 5.41) is 7.77. The molecule has 6 rings (SSSR count). The molecule has 0 aromatic carbocycles. The van der Waals surface area contributed by atoms with Crippen molar-refractivity contribution in [2.75, 3.05) is 13.1 Å². The summed E-state index contributed by atoms with van der Waals surface area (Å²) in [6, 6.07) is 0. The highest BCUT2D eigenvalue weighted by atomic mass is 16.4. The quantitative estimate of drug-likeness (QED) is 0.837. The van der Waals surface area contributed by atoms with Crippen molar-refractivity contribution in [1.29, 1.82) is 0 Å². The van der Waals surface area contributed by atoms with Gasteiger partial charge in [0.2, 0.25) is 17.7 Å². The lowest BCUT2D eigenvalue weighted by molar-refractivity contribution is -0.150. The molecule has 5 heteroatoms. The molecule has 0 atom stereocenters. The number of piperidine rings is 1. The zero-order valence-corrected chi connectivity index (χ0v) is 14.5. The molecule has 24 heavy (non-hydrogen) atoms. The van der Waals surface area contributed by atoms with Gasteiger partial charge in [-0.15, -0.1) is 10.2 Å². The van der Waals surface area contributed by atoms with Crippen LogP contribution in [0.1, 0.15) is 56.7 Å². The van der Waals surface area contributed by atoms with Gasteiger partial charge < -0.3 is 9.32 Å². The van der Waals surface area contributed by atoms with Gasteiger partial charge in [-0.05, 0) is 74.0 Å². The summed E-state index contributed by atoms with van der Waals surface area (Å²) in [6.45, 7) is 3.61. The molecule has 2 heterocycles. The van der Waals surface area contributed by atoms with E-state index in [0.717, 1.165) is 36.8 Å². The van der Waals surface area contributed by atoms with E-state index in [4.69, 9.17) is 4.42 Å². The molecule has 1 spiro atoms. The fourth-order valence-electron chi connectivity index (χ4n) is 6.76. The van der Waals surface area contributed by atoms with E-state index in [1.165, 1.54) is 44.9 Å². The predicted octanol–water partition coefficient (Wildman–Crippen LogP) is 2.99. The Labute approximate surface area is 143 Å². The molecule has 4 saturated carbocycles.